The minimum absolute atomic E-state index is 0.0443. The molecule has 0 aliphatic carbocycles. The van der Waals surface area contributed by atoms with Gasteiger partial charge in [-0.25, -0.2) is 14.3 Å². The van der Waals surface area contributed by atoms with Crippen LogP contribution in [0, 0.1) is 12.7 Å². The third kappa shape index (κ3) is 5.10. The number of amides is 4. The van der Waals surface area contributed by atoms with E-state index in [1.165, 1.54) is 18.2 Å². The Morgan fingerprint density at radius 3 is 2.39 bits per heavy atom. The number of carbonyl (C=O) groups excluding carboxylic acids is 4. The second kappa shape index (κ2) is 10.4. The van der Waals surface area contributed by atoms with Gasteiger partial charge in [0.15, 0.2) is 0 Å². The highest BCUT2D eigenvalue weighted by Gasteiger charge is 2.45. The van der Waals surface area contributed by atoms with E-state index in [9.17, 15) is 23.6 Å². The Labute approximate surface area is 207 Å². The Kier molecular flexibility index (Phi) is 7.10. The monoisotopic (exact) mass is 489 g/mol. The largest absolute Gasteiger partial charge is 0.494 e. The van der Waals surface area contributed by atoms with Crippen molar-refractivity contribution in [1.82, 2.24) is 10.4 Å². The number of ether oxygens (including phenoxy) is 1. The first kappa shape index (κ1) is 24.6. The Bertz CT molecular complexity index is 1320. The normalized spacial score (nSPS) is 15.1. The first-order chi connectivity index (χ1) is 17.3. The Hall–Kier alpha value is -4.53. The summed E-state index contributed by atoms with van der Waals surface area (Å²) >= 11 is 0. The zero-order chi connectivity index (χ0) is 25.8. The van der Waals surface area contributed by atoms with E-state index < -0.39 is 35.5 Å². The van der Waals surface area contributed by atoms with Gasteiger partial charge in [0.05, 0.1) is 18.7 Å². The molecule has 3 aromatic rings. The predicted molar refractivity (Wildman–Crippen MR) is 130 cm³/mol. The van der Waals surface area contributed by atoms with Crippen LogP contribution >= 0.6 is 0 Å². The number of imide groups is 1. The zero-order valence-corrected chi connectivity index (χ0v) is 19.7. The molecule has 1 N–H and O–H groups in total. The highest BCUT2D eigenvalue weighted by Crippen LogP contribution is 2.28. The van der Waals surface area contributed by atoms with Gasteiger partial charge in [0.1, 0.15) is 17.6 Å². The van der Waals surface area contributed by atoms with Crippen LogP contribution < -0.4 is 15.1 Å². The highest BCUT2D eigenvalue weighted by atomic mass is 19.1. The number of hydrogen-bond donors (Lipinski definition) is 1. The molecule has 9 heteroatoms. The summed E-state index contributed by atoms with van der Waals surface area (Å²) in [6, 6.07) is 16.7. The Balaban J connectivity index is 1.66. The number of nitrogens with one attached hydrogen (secondary N) is 1. The van der Waals surface area contributed by atoms with Crippen LogP contribution in [-0.4, -0.2) is 41.3 Å². The fourth-order valence-electron chi connectivity index (χ4n) is 3.94. The lowest BCUT2D eigenvalue weighted by atomic mass is 10.1. The van der Waals surface area contributed by atoms with Crippen molar-refractivity contribution < 1.29 is 28.3 Å². The van der Waals surface area contributed by atoms with Crippen LogP contribution in [0.15, 0.2) is 72.8 Å². The molecule has 0 radical (unpaired) electrons. The fourth-order valence-corrected chi connectivity index (χ4v) is 3.94. The summed E-state index contributed by atoms with van der Waals surface area (Å²) in [6.45, 7) is 4.10. The van der Waals surface area contributed by atoms with E-state index in [2.05, 4.69) is 5.43 Å². The van der Waals surface area contributed by atoms with Gasteiger partial charge in [-0.3, -0.25) is 24.6 Å². The lowest BCUT2D eigenvalue weighted by molar-refractivity contribution is -0.122. The minimum Gasteiger partial charge on any atom is -0.494 e. The van der Waals surface area contributed by atoms with Crippen LogP contribution in [-0.2, 0) is 9.59 Å². The summed E-state index contributed by atoms with van der Waals surface area (Å²) in [5.41, 5.74) is 3.71. The zero-order valence-electron chi connectivity index (χ0n) is 19.7. The molecule has 1 saturated heterocycles. The Morgan fingerprint density at radius 2 is 1.72 bits per heavy atom. The first-order valence-electron chi connectivity index (χ1n) is 11.3. The van der Waals surface area contributed by atoms with Crippen molar-refractivity contribution in [2.75, 3.05) is 11.5 Å². The van der Waals surface area contributed by atoms with Gasteiger partial charge in [0.25, 0.3) is 17.7 Å². The smallest absolute Gasteiger partial charge is 0.273 e. The van der Waals surface area contributed by atoms with Crippen molar-refractivity contribution in [2.24, 2.45) is 0 Å². The van der Waals surface area contributed by atoms with Gasteiger partial charge in [0.2, 0.25) is 5.91 Å². The van der Waals surface area contributed by atoms with E-state index in [-0.39, 0.29) is 17.5 Å². The van der Waals surface area contributed by atoms with Crippen molar-refractivity contribution in [3.8, 4) is 5.75 Å². The molecule has 0 spiro atoms. The van der Waals surface area contributed by atoms with E-state index >= 15 is 0 Å². The second-order valence-corrected chi connectivity index (χ2v) is 8.21. The Morgan fingerprint density at radius 1 is 1.03 bits per heavy atom. The number of benzene rings is 3. The van der Waals surface area contributed by atoms with Crippen molar-refractivity contribution in [3.05, 3.63) is 95.3 Å². The third-order valence-corrected chi connectivity index (χ3v) is 5.63. The minimum atomic E-state index is -1.30. The maximum Gasteiger partial charge on any atom is 0.273 e. The first-order valence-corrected chi connectivity index (χ1v) is 11.3. The fraction of sp³-hybridized carbons (Fsp3) is 0.185. The summed E-state index contributed by atoms with van der Waals surface area (Å²) < 4.78 is 19.1. The molecule has 1 fully saturated rings. The standard InChI is InChI=1S/C27H24FN3O5/c1-3-36-22-12-10-21(11-13-22)30-24(32)16-23(27(30)35)31(26(34)19-8-4-6-17(2)14-19)29-25(33)18-7-5-9-20(28)15-18/h4-15,23H,3,16H2,1-2H3,(H,29,33). The topological polar surface area (TPSA) is 96.0 Å². The van der Waals surface area contributed by atoms with Crippen molar-refractivity contribution >= 4 is 29.3 Å². The molecule has 0 aromatic heterocycles. The van der Waals surface area contributed by atoms with Gasteiger partial charge >= 0.3 is 0 Å². The number of anilines is 1. The molecule has 4 amide bonds. The highest BCUT2D eigenvalue weighted by molar-refractivity contribution is 6.23. The van der Waals surface area contributed by atoms with Crippen LogP contribution in [0.3, 0.4) is 0 Å². The summed E-state index contributed by atoms with van der Waals surface area (Å²) in [4.78, 5) is 53.7. The van der Waals surface area contributed by atoms with Crippen molar-refractivity contribution in [3.63, 3.8) is 0 Å². The van der Waals surface area contributed by atoms with Crippen LogP contribution in [0.5, 0.6) is 5.75 Å². The van der Waals surface area contributed by atoms with Crippen LogP contribution in [0.2, 0.25) is 0 Å². The quantitative estimate of drug-likeness (QED) is 0.421. The van der Waals surface area contributed by atoms with Crippen LogP contribution in [0.1, 0.15) is 39.6 Å². The lowest BCUT2D eigenvalue weighted by Gasteiger charge is -2.28. The second-order valence-electron chi connectivity index (χ2n) is 8.21. The number of aryl methyl sites for hydroxylation is 1. The molecule has 1 aliphatic heterocycles. The summed E-state index contributed by atoms with van der Waals surface area (Å²) in [7, 11) is 0. The van der Waals surface area contributed by atoms with Gasteiger partial charge in [-0.1, -0.05) is 23.8 Å². The van der Waals surface area contributed by atoms with Crippen molar-refractivity contribution in [1.29, 1.82) is 0 Å². The number of nitrogens with zero attached hydrogens (tertiary/aromatic N) is 2. The van der Waals surface area contributed by atoms with Crippen LogP contribution in [0.4, 0.5) is 10.1 Å². The average molecular weight is 490 g/mol. The molecular formula is C27H24FN3O5. The molecule has 1 heterocycles. The van der Waals surface area contributed by atoms with Gasteiger partial charge < -0.3 is 4.74 Å². The maximum absolute atomic E-state index is 13.7. The molecular weight excluding hydrogens is 465 g/mol. The van der Waals surface area contributed by atoms with Gasteiger partial charge in [0, 0.05) is 11.1 Å². The summed E-state index contributed by atoms with van der Waals surface area (Å²) in [5, 5.41) is 0.858. The molecule has 1 atom stereocenters. The molecule has 0 saturated carbocycles. The maximum atomic E-state index is 13.7. The average Bonchev–Trinajstić information content (AvgIpc) is 3.16. The molecule has 184 valence electrons. The van der Waals surface area contributed by atoms with E-state index in [1.807, 2.05) is 6.92 Å². The van der Waals surface area contributed by atoms with E-state index in [0.29, 0.717) is 18.0 Å². The third-order valence-electron chi connectivity index (χ3n) is 5.63. The van der Waals surface area contributed by atoms with E-state index in [0.717, 1.165) is 21.5 Å². The van der Waals surface area contributed by atoms with Gasteiger partial charge in [-0.05, 0) is 68.4 Å². The molecule has 1 unspecified atom stereocenters. The molecule has 8 nitrogen and oxygen atoms in total. The van der Waals surface area contributed by atoms with Crippen LogP contribution in [0.25, 0.3) is 0 Å². The number of halogens is 1. The number of hydrazine groups is 1. The van der Waals surface area contributed by atoms with Gasteiger partial charge in [-0.2, -0.15) is 0 Å². The number of hydrogen-bond acceptors (Lipinski definition) is 5. The number of carbonyl (C=O) groups is 4. The number of rotatable bonds is 6. The molecule has 4 rings (SSSR count). The van der Waals surface area contributed by atoms with Gasteiger partial charge in [-0.15, -0.1) is 0 Å². The van der Waals surface area contributed by atoms with Crippen molar-refractivity contribution in [2.45, 2.75) is 26.3 Å². The molecule has 36 heavy (non-hydrogen) atoms. The SMILES string of the molecule is CCOc1ccc(N2C(=O)CC(N(NC(=O)c3cccc(F)c3)C(=O)c3cccc(C)c3)C2=O)cc1. The molecule has 0 bridgehead atoms. The molecule has 1 aliphatic rings. The summed E-state index contributed by atoms with van der Waals surface area (Å²) in [5.74, 6) is -2.73. The lowest BCUT2D eigenvalue weighted by Crippen LogP contribution is -2.54. The predicted octanol–water partition coefficient (Wildman–Crippen LogP) is 3.65. The van der Waals surface area contributed by atoms with E-state index in [1.54, 1.807) is 55.5 Å². The van der Waals surface area contributed by atoms with E-state index in [4.69, 9.17) is 4.74 Å². The summed E-state index contributed by atoms with van der Waals surface area (Å²) in [6.07, 6.45) is -0.340. The molecule has 3 aromatic carbocycles.